The predicted molar refractivity (Wildman–Crippen MR) is 147 cm³/mol. The number of carboxylic acid groups (broad SMARTS) is 1. The van der Waals surface area contributed by atoms with Crippen LogP contribution in [0.15, 0.2) is 75.1 Å². The molecule has 9 nitrogen and oxygen atoms in total. The molecular weight excluding hydrogens is 577 g/mol. The molecule has 0 unspecified atom stereocenters. The van der Waals surface area contributed by atoms with Gasteiger partial charge in [0.1, 0.15) is 22.9 Å². The van der Waals surface area contributed by atoms with Gasteiger partial charge in [-0.15, -0.1) is 10.2 Å². The van der Waals surface area contributed by atoms with E-state index in [4.69, 9.17) is 9.47 Å². The van der Waals surface area contributed by atoms with Crippen molar-refractivity contribution in [3.05, 3.63) is 89.2 Å². The molecule has 0 amide bonds. The van der Waals surface area contributed by atoms with Crippen molar-refractivity contribution in [2.75, 3.05) is 33.2 Å². The molecule has 4 aromatic rings. The molecule has 14 heteroatoms. The normalized spacial score (nSPS) is 11.4. The summed E-state index contributed by atoms with van der Waals surface area (Å²) in [5.74, 6) is -12.5. The quantitative estimate of drug-likeness (QED) is 0.0896. The molecule has 0 spiro atoms. The first-order chi connectivity index (χ1) is 20.5. The Morgan fingerprint density at radius 3 is 1.60 bits per heavy atom. The van der Waals surface area contributed by atoms with Crippen LogP contribution in [0, 0.1) is 29.1 Å². The van der Waals surface area contributed by atoms with E-state index in [1.807, 2.05) is 31.1 Å². The molecule has 0 aromatic heterocycles. The van der Waals surface area contributed by atoms with Crippen molar-refractivity contribution in [3.8, 4) is 22.6 Å². The van der Waals surface area contributed by atoms with Crippen molar-refractivity contribution < 1.29 is 41.3 Å². The number of anilines is 1. The van der Waals surface area contributed by atoms with Crippen LogP contribution >= 0.6 is 0 Å². The lowest BCUT2D eigenvalue weighted by Crippen LogP contribution is -2.07. The van der Waals surface area contributed by atoms with Crippen LogP contribution in [-0.2, 0) is 0 Å². The van der Waals surface area contributed by atoms with Crippen molar-refractivity contribution in [1.29, 1.82) is 0 Å². The molecule has 222 valence electrons. The van der Waals surface area contributed by atoms with Gasteiger partial charge in [0.25, 0.3) is 0 Å². The Labute approximate surface area is 241 Å². The van der Waals surface area contributed by atoms with Gasteiger partial charge in [0, 0.05) is 37.5 Å². The highest BCUT2D eigenvalue weighted by Crippen LogP contribution is 2.42. The van der Waals surface area contributed by atoms with Crippen molar-refractivity contribution in [2.24, 2.45) is 20.5 Å². The average molecular weight is 600 g/mol. The average Bonchev–Trinajstić information content (AvgIpc) is 3.00. The van der Waals surface area contributed by atoms with E-state index < -0.39 is 51.7 Å². The van der Waals surface area contributed by atoms with E-state index in [2.05, 4.69) is 20.5 Å². The number of nitrogens with zero attached hydrogens (tertiary/aromatic N) is 5. The molecule has 0 radical (unpaired) electrons. The second-order valence-corrected chi connectivity index (χ2v) is 8.99. The minimum atomic E-state index is -2.38. The van der Waals surface area contributed by atoms with Gasteiger partial charge < -0.3 is 19.5 Å². The van der Waals surface area contributed by atoms with Gasteiger partial charge in [0.2, 0.25) is 5.82 Å². The summed E-state index contributed by atoms with van der Waals surface area (Å²) in [7, 11) is 6.55. The lowest BCUT2D eigenvalue weighted by atomic mass is 9.97. The van der Waals surface area contributed by atoms with Crippen LogP contribution < -0.4 is 14.4 Å². The smallest absolute Gasteiger partial charge is 0.336 e. The topological polar surface area (TPSA) is 108 Å². The maximum Gasteiger partial charge on any atom is 0.336 e. The zero-order valence-corrected chi connectivity index (χ0v) is 23.0. The highest BCUT2D eigenvalue weighted by molar-refractivity contribution is 5.97. The maximum atomic E-state index is 14.5. The molecule has 0 aliphatic heterocycles. The second-order valence-electron chi connectivity index (χ2n) is 8.99. The predicted octanol–water partition coefficient (Wildman–Crippen LogP) is 8.66. The number of carbonyl (C=O) groups is 1. The standard InChI is InChI=1S/C29H22F5N5O4/c1-39(2)16-8-5-14(6-9-16)35-37-19-12-22(43-4)20(13-21(19)42-3)38-36-15-7-10-17(29(40)41)18(11-15)23-24(30)26(32)28(34)27(33)25(23)31/h5-13H,1-4H3,(H,40,41). The summed E-state index contributed by atoms with van der Waals surface area (Å²) in [5, 5.41) is 25.9. The van der Waals surface area contributed by atoms with Crippen molar-refractivity contribution >= 4 is 34.4 Å². The third kappa shape index (κ3) is 6.27. The van der Waals surface area contributed by atoms with E-state index in [0.29, 0.717) is 5.69 Å². The van der Waals surface area contributed by atoms with Gasteiger partial charge in [0.15, 0.2) is 23.3 Å². The SMILES string of the molecule is COc1cc(N=Nc2ccc(C(=O)O)c(-c3c(F)c(F)c(F)c(F)c3F)c2)c(OC)cc1N=Nc1ccc(N(C)C)cc1. The van der Waals surface area contributed by atoms with Gasteiger partial charge in [0.05, 0.1) is 36.7 Å². The lowest BCUT2D eigenvalue weighted by Gasteiger charge is -2.12. The minimum absolute atomic E-state index is 0.105. The Morgan fingerprint density at radius 2 is 1.14 bits per heavy atom. The summed E-state index contributed by atoms with van der Waals surface area (Å²) >= 11 is 0. The van der Waals surface area contributed by atoms with Crippen LogP contribution in [0.4, 0.5) is 50.4 Å². The number of benzene rings is 4. The highest BCUT2D eigenvalue weighted by atomic mass is 19.2. The van der Waals surface area contributed by atoms with Gasteiger partial charge in [-0.05, 0) is 42.5 Å². The molecule has 0 bridgehead atoms. The van der Waals surface area contributed by atoms with E-state index in [-0.39, 0.29) is 28.6 Å². The van der Waals surface area contributed by atoms with E-state index >= 15 is 0 Å². The molecule has 0 aliphatic carbocycles. The number of carboxylic acids is 1. The van der Waals surface area contributed by atoms with Crippen LogP contribution in [0.25, 0.3) is 11.1 Å². The summed E-state index contributed by atoms with van der Waals surface area (Å²) in [4.78, 5) is 13.6. The van der Waals surface area contributed by atoms with Crippen molar-refractivity contribution in [1.82, 2.24) is 0 Å². The van der Waals surface area contributed by atoms with Gasteiger partial charge in [-0.2, -0.15) is 10.2 Å². The summed E-state index contributed by atoms with van der Waals surface area (Å²) in [6.45, 7) is 0. The van der Waals surface area contributed by atoms with Crippen LogP contribution in [0.5, 0.6) is 11.5 Å². The second kappa shape index (κ2) is 12.6. The molecule has 0 atom stereocenters. The molecule has 0 aliphatic rings. The fourth-order valence-electron chi connectivity index (χ4n) is 3.89. The number of rotatable bonds is 9. The van der Waals surface area contributed by atoms with E-state index in [1.165, 1.54) is 26.4 Å². The van der Waals surface area contributed by atoms with Crippen LogP contribution in [0.1, 0.15) is 10.4 Å². The first-order valence-corrected chi connectivity index (χ1v) is 12.2. The van der Waals surface area contributed by atoms with Gasteiger partial charge in [-0.1, -0.05) is 0 Å². The largest absolute Gasteiger partial charge is 0.494 e. The number of aromatic carboxylic acids is 1. The Morgan fingerprint density at radius 1 is 0.674 bits per heavy atom. The number of hydrogen-bond donors (Lipinski definition) is 1. The van der Waals surface area contributed by atoms with Crippen molar-refractivity contribution in [3.63, 3.8) is 0 Å². The molecule has 4 aromatic carbocycles. The van der Waals surface area contributed by atoms with Crippen LogP contribution in [0.2, 0.25) is 0 Å². The number of halogens is 5. The van der Waals surface area contributed by atoms with Gasteiger partial charge >= 0.3 is 5.97 Å². The first-order valence-electron chi connectivity index (χ1n) is 12.2. The zero-order valence-electron chi connectivity index (χ0n) is 23.0. The summed E-state index contributed by atoms with van der Waals surface area (Å²) in [6.07, 6.45) is 0. The van der Waals surface area contributed by atoms with E-state index in [0.717, 1.165) is 23.9 Å². The van der Waals surface area contributed by atoms with Crippen LogP contribution in [0.3, 0.4) is 0 Å². The van der Waals surface area contributed by atoms with Crippen LogP contribution in [-0.4, -0.2) is 39.4 Å². The van der Waals surface area contributed by atoms with Gasteiger partial charge in [-0.3, -0.25) is 0 Å². The lowest BCUT2D eigenvalue weighted by molar-refractivity contribution is 0.0697. The van der Waals surface area contributed by atoms with Gasteiger partial charge in [-0.25, -0.2) is 26.7 Å². The van der Waals surface area contributed by atoms with E-state index in [1.54, 1.807) is 12.1 Å². The zero-order chi connectivity index (χ0) is 31.4. The fraction of sp³-hybridized carbons (Fsp3) is 0.138. The monoisotopic (exact) mass is 599 g/mol. The summed E-state index contributed by atoms with van der Waals surface area (Å²) in [5.41, 5.74) is -1.17. The fourth-order valence-corrected chi connectivity index (χ4v) is 3.89. The Balaban J connectivity index is 1.73. The minimum Gasteiger partial charge on any atom is -0.494 e. The third-order valence-electron chi connectivity index (χ3n) is 6.11. The summed E-state index contributed by atoms with van der Waals surface area (Å²) < 4.78 is 81.2. The highest BCUT2D eigenvalue weighted by Gasteiger charge is 2.29. The molecular formula is C29H22F5N5O4. The number of hydrogen-bond acceptors (Lipinski definition) is 8. The molecule has 0 saturated carbocycles. The maximum absolute atomic E-state index is 14.5. The Hall–Kier alpha value is -5.40. The molecule has 0 saturated heterocycles. The number of azo groups is 2. The Kier molecular flexibility index (Phi) is 8.98. The first kappa shape index (κ1) is 30.6. The van der Waals surface area contributed by atoms with Crippen molar-refractivity contribution in [2.45, 2.75) is 0 Å². The summed E-state index contributed by atoms with van der Waals surface area (Å²) in [6, 6.07) is 13.1. The number of methoxy groups -OCH3 is 2. The molecule has 43 heavy (non-hydrogen) atoms. The molecule has 0 heterocycles. The Bertz CT molecular complexity index is 1730. The molecule has 4 rings (SSSR count). The number of ether oxygens (including phenoxy) is 2. The van der Waals surface area contributed by atoms with E-state index in [9.17, 15) is 31.9 Å². The molecule has 0 fully saturated rings. The third-order valence-corrected chi connectivity index (χ3v) is 6.11. The molecule has 1 N–H and O–H groups in total.